The molecular weight excluding hydrogens is 593 g/mol. The van der Waals surface area contributed by atoms with Gasteiger partial charge in [0.1, 0.15) is 12.4 Å². The van der Waals surface area contributed by atoms with Crippen molar-refractivity contribution in [1.82, 2.24) is 4.57 Å². The van der Waals surface area contributed by atoms with Crippen molar-refractivity contribution in [3.63, 3.8) is 0 Å². The standard InChI is InChI=1S/C32H29Cl2N3O4S/c1-5-40-31(39)28-19(2)35-32-37(29(28)20-11-14-24(15-12-20)36(3)4)30(38)27(42-32)16-21-8-6-7-9-26(21)41-18-22-10-13-23(33)17-25(22)34/h6-17,29H,5,18H2,1-4H3/b27-16-/t29-/m0/s1. The van der Waals surface area contributed by atoms with Crippen molar-refractivity contribution in [2.24, 2.45) is 4.99 Å². The Morgan fingerprint density at radius 1 is 1.10 bits per heavy atom. The number of carbonyl (C=O) groups is 1. The van der Waals surface area contributed by atoms with Gasteiger partial charge in [0.05, 0.1) is 28.5 Å². The number of benzene rings is 3. The Kier molecular flexibility index (Phi) is 8.87. The van der Waals surface area contributed by atoms with Crippen LogP contribution in [0.15, 0.2) is 87.8 Å². The number of thiazole rings is 1. The lowest BCUT2D eigenvalue weighted by molar-refractivity contribution is -0.139. The Morgan fingerprint density at radius 2 is 1.83 bits per heavy atom. The summed E-state index contributed by atoms with van der Waals surface area (Å²) in [6.45, 7) is 3.97. The summed E-state index contributed by atoms with van der Waals surface area (Å²) in [6.07, 6.45) is 1.79. The molecule has 216 valence electrons. The third kappa shape index (κ3) is 6.02. The Bertz CT molecular complexity index is 1860. The highest BCUT2D eigenvalue weighted by Crippen LogP contribution is 2.32. The summed E-state index contributed by atoms with van der Waals surface area (Å²) in [6, 6.07) is 19.8. The predicted octanol–water partition coefficient (Wildman–Crippen LogP) is 5.75. The average Bonchev–Trinajstić information content (AvgIpc) is 3.26. The molecule has 0 saturated heterocycles. The first-order valence-corrected chi connectivity index (χ1v) is 14.9. The SMILES string of the molecule is CCOC(=O)C1=C(C)N=c2s/c(=C\c3ccccc3OCc3ccc(Cl)cc3Cl)c(=O)n2[C@H]1c1ccc(N(C)C)cc1. The van der Waals surface area contributed by atoms with E-state index in [1.165, 1.54) is 11.3 Å². The van der Waals surface area contributed by atoms with E-state index in [0.717, 1.165) is 22.4 Å². The highest BCUT2D eigenvalue weighted by molar-refractivity contribution is 7.07. The minimum Gasteiger partial charge on any atom is -0.488 e. The van der Waals surface area contributed by atoms with E-state index in [-0.39, 0.29) is 18.8 Å². The number of fused-ring (bicyclic) bond motifs is 1. The number of rotatable bonds is 8. The molecule has 0 N–H and O–H groups in total. The fraction of sp³-hybridized carbons (Fsp3) is 0.219. The fourth-order valence-corrected chi connectivity index (χ4v) is 6.23. The summed E-state index contributed by atoms with van der Waals surface area (Å²) in [7, 11) is 3.91. The van der Waals surface area contributed by atoms with E-state index >= 15 is 0 Å². The highest BCUT2D eigenvalue weighted by atomic mass is 35.5. The minimum atomic E-state index is -0.683. The van der Waals surface area contributed by atoms with Crippen LogP contribution < -0.4 is 24.5 Å². The molecule has 7 nitrogen and oxygen atoms in total. The number of hydrogen-bond donors (Lipinski definition) is 0. The van der Waals surface area contributed by atoms with E-state index in [4.69, 9.17) is 32.7 Å². The maximum absolute atomic E-state index is 14.0. The molecule has 4 aromatic rings. The molecule has 2 heterocycles. The van der Waals surface area contributed by atoms with Crippen LogP contribution in [0.25, 0.3) is 6.08 Å². The van der Waals surface area contributed by atoms with Gasteiger partial charge in [0, 0.05) is 41.0 Å². The molecule has 42 heavy (non-hydrogen) atoms. The molecule has 0 amide bonds. The lowest BCUT2D eigenvalue weighted by Crippen LogP contribution is -2.40. The predicted molar refractivity (Wildman–Crippen MR) is 168 cm³/mol. The largest absolute Gasteiger partial charge is 0.488 e. The van der Waals surface area contributed by atoms with Gasteiger partial charge in [-0.15, -0.1) is 0 Å². The number of carbonyl (C=O) groups excluding carboxylic acids is 1. The van der Waals surface area contributed by atoms with Crippen LogP contribution in [0.5, 0.6) is 5.75 Å². The molecule has 0 saturated carbocycles. The number of allylic oxidation sites excluding steroid dienone is 1. The van der Waals surface area contributed by atoms with E-state index in [2.05, 4.69) is 4.99 Å². The molecule has 0 bridgehead atoms. The number of esters is 1. The van der Waals surface area contributed by atoms with Gasteiger partial charge in [0.2, 0.25) is 0 Å². The maximum Gasteiger partial charge on any atom is 0.338 e. The number of hydrogen-bond acceptors (Lipinski definition) is 7. The molecule has 0 aliphatic carbocycles. The van der Waals surface area contributed by atoms with Gasteiger partial charge in [-0.2, -0.15) is 0 Å². The van der Waals surface area contributed by atoms with Gasteiger partial charge in [-0.1, -0.05) is 70.9 Å². The molecule has 0 unspecified atom stereocenters. The van der Waals surface area contributed by atoms with Crippen molar-refractivity contribution in [1.29, 1.82) is 0 Å². The molecule has 0 spiro atoms. The molecule has 3 aromatic carbocycles. The quantitative estimate of drug-likeness (QED) is 0.234. The second-order valence-corrected chi connectivity index (χ2v) is 11.7. The first-order valence-electron chi connectivity index (χ1n) is 13.3. The zero-order valence-corrected chi connectivity index (χ0v) is 25.9. The Balaban J connectivity index is 1.59. The van der Waals surface area contributed by atoms with Crippen molar-refractivity contribution < 1.29 is 14.3 Å². The molecule has 1 aliphatic heterocycles. The third-order valence-electron chi connectivity index (χ3n) is 6.85. The van der Waals surface area contributed by atoms with Crippen LogP contribution in [0, 0.1) is 0 Å². The van der Waals surface area contributed by atoms with Crippen LogP contribution in [0.3, 0.4) is 0 Å². The van der Waals surface area contributed by atoms with Gasteiger partial charge in [-0.3, -0.25) is 9.36 Å². The summed E-state index contributed by atoms with van der Waals surface area (Å²) in [4.78, 5) is 34.3. The van der Waals surface area contributed by atoms with Crippen molar-refractivity contribution in [2.45, 2.75) is 26.5 Å². The van der Waals surface area contributed by atoms with E-state index in [0.29, 0.717) is 36.4 Å². The fourth-order valence-electron chi connectivity index (χ4n) is 4.73. The van der Waals surface area contributed by atoms with Crippen molar-refractivity contribution in [2.75, 3.05) is 25.6 Å². The van der Waals surface area contributed by atoms with Crippen molar-refractivity contribution in [3.8, 4) is 5.75 Å². The molecular formula is C32H29Cl2N3O4S. The zero-order chi connectivity index (χ0) is 30.0. The summed E-state index contributed by atoms with van der Waals surface area (Å²) in [5, 5.41) is 1.06. The summed E-state index contributed by atoms with van der Waals surface area (Å²) in [5.41, 5.74) is 3.91. The number of aromatic nitrogens is 1. The van der Waals surface area contributed by atoms with E-state index in [1.807, 2.05) is 73.6 Å². The number of nitrogens with zero attached hydrogens (tertiary/aromatic N) is 3. The smallest absolute Gasteiger partial charge is 0.338 e. The first kappa shape index (κ1) is 29.6. The van der Waals surface area contributed by atoms with Gasteiger partial charge >= 0.3 is 5.97 Å². The monoisotopic (exact) mass is 621 g/mol. The molecule has 10 heteroatoms. The first-order chi connectivity index (χ1) is 20.2. The van der Waals surface area contributed by atoms with Crippen LogP contribution in [0.1, 0.15) is 36.6 Å². The van der Waals surface area contributed by atoms with Crippen molar-refractivity contribution in [3.05, 3.63) is 124 Å². The van der Waals surface area contributed by atoms with Gasteiger partial charge in [-0.05, 0) is 55.8 Å². The van der Waals surface area contributed by atoms with Gasteiger partial charge in [0.25, 0.3) is 5.56 Å². The summed E-state index contributed by atoms with van der Waals surface area (Å²) >= 11 is 13.6. The van der Waals surface area contributed by atoms with Crippen LogP contribution in [0.4, 0.5) is 5.69 Å². The second-order valence-electron chi connectivity index (χ2n) is 9.85. The lowest BCUT2D eigenvalue weighted by Gasteiger charge is -2.25. The van der Waals surface area contributed by atoms with E-state index in [1.54, 1.807) is 36.6 Å². The van der Waals surface area contributed by atoms with Crippen molar-refractivity contribution >= 4 is 52.3 Å². The number of anilines is 1. The Hall–Kier alpha value is -3.85. The molecule has 0 radical (unpaired) electrons. The molecule has 5 rings (SSSR count). The van der Waals surface area contributed by atoms with Crippen LogP contribution in [-0.2, 0) is 16.1 Å². The van der Waals surface area contributed by atoms with Crippen LogP contribution in [0.2, 0.25) is 10.0 Å². The molecule has 0 fully saturated rings. The minimum absolute atomic E-state index is 0.213. The zero-order valence-electron chi connectivity index (χ0n) is 23.6. The molecule has 1 aliphatic rings. The number of ether oxygens (including phenoxy) is 2. The maximum atomic E-state index is 14.0. The Morgan fingerprint density at radius 3 is 2.52 bits per heavy atom. The number of para-hydroxylation sites is 1. The van der Waals surface area contributed by atoms with Gasteiger partial charge < -0.3 is 14.4 Å². The average molecular weight is 623 g/mol. The molecule has 1 atom stereocenters. The normalized spacial score (nSPS) is 14.8. The van der Waals surface area contributed by atoms with Gasteiger partial charge in [-0.25, -0.2) is 9.79 Å². The van der Waals surface area contributed by atoms with Gasteiger partial charge in [0.15, 0.2) is 4.80 Å². The number of halogens is 2. The third-order valence-corrected chi connectivity index (χ3v) is 8.42. The Labute approximate surface area is 257 Å². The van der Waals surface area contributed by atoms with Crippen LogP contribution >= 0.6 is 34.5 Å². The lowest BCUT2D eigenvalue weighted by atomic mass is 9.95. The molecule has 1 aromatic heterocycles. The highest BCUT2D eigenvalue weighted by Gasteiger charge is 2.33. The summed E-state index contributed by atoms with van der Waals surface area (Å²) in [5.74, 6) is 0.0999. The van der Waals surface area contributed by atoms with Crippen LogP contribution in [-0.4, -0.2) is 31.2 Å². The summed E-state index contributed by atoms with van der Waals surface area (Å²) < 4.78 is 13.6. The van der Waals surface area contributed by atoms with E-state index < -0.39 is 12.0 Å². The second kappa shape index (κ2) is 12.6. The topological polar surface area (TPSA) is 73.1 Å². The van der Waals surface area contributed by atoms with E-state index in [9.17, 15) is 9.59 Å².